The highest BCUT2D eigenvalue weighted by molar-refractivity contribution is 5.95. The Balaban J connectivity index is 1.67. The Morgan fingerprint density at radius 1 is 1.03 bits per heavy atom. The first-order chi connectivity index (χ1) is 16.5. The predicted molar refractivity (Wildman–Crippen MR) is 125 cm³/mol. The van der Waals surface area contributed by atoms with E-state index in [1.54, 1.807) is 55.2 Å². The number of nitrogens with one attached hydrogen (secondary N) is 1. The molecule has 0 aromatic carbocycles. The third kappa shape index (κ3) is 3.54. The fourth-order valence-corrected chi connectivity index (χ4v) is 3.88. The highest BCUT2D eigenvalue weighted by Gasteiger charge is 2.22. The molecule has 0 saturated carbocycles. The Bertz CT molecular complexity index is 1670. The molecule has 0 bridgehead atoms. The van der Waals surface area contributed by atoms with Crippen molar-refractivity contribution in [1.82, 2.24) is 29.3 Å². The van der Waals surface area contributed by atoms with Gasteiger partial charge >= 0.3 is 5.97 Å². The minimum Gasteiger partial charge on any atom is -0.462 e. The summed E-state index contributed by atoms with van der Waals surface area (Å²) in [6.45, 7) is 3.93. The summed E-state index contributed by atoms with van der Waals surface area (Å²) < 4.78 is 7.93. The van der Waals surface area contributed by atoms with Gasteiger partial charge in [0.15, 0.2) is 5.82 Å². The molecule has 5 aromatic heterocycles. The summed E-state index contributed by atoms with van der Waals surface area (Å²) in [7, 11) is 0. The number of aromatic amines is 1. The smallest absolute Gasteiger partial charge is 0.343 e. The van der Waals surface area contributed by atoms with Gasteiger partial charge in [0.25, 0.3) is 11.1 Å². The van der Waals surface area contributed by atoms with Crippen LogP contribution in [-0.2, 0) is 11.3 Å². The number of nitrogens with zero attached hydrogens (tertiary/aromatic N) is 5. The molecule has 0 spiro atoms. The lowest BCUT2D eigenvalue weighted by atomic mass is 10.1. The van der Waals surface area contributed by atoms with Crippen molar-refractivity contribution < 1.29 is 9.53 Å². The Labute approximate surface area is 192 Å². The highest BCUT2D eigenvalue weighted by Crippen LogP contribution is 2.19. The SMILES string of the molecule is CCOC(=O)c1c(-n2ccc3nc4ccn(Cc5ccncc5)c(=O)c4cc3c2=O)n[nH]c1C. The van der Waals surface area contributed by atoms with Crippen LogP contribution in [0.25, 0.3) is 27.6 Å². The van der Waals surface area contributed by atoms with Crippen molar-refractivity contribution in [3.63, 3.8) is 0 Å². The Morgan fingerprint density at radius 3 is 2.47 bits per heavy atom. The van der Waals surface area contributed by atoms with Crippen molar-refractivity contribution in [3.05, 3.63) is 92.6 Å². The van der Waals surface area contributed by atoms with Gasteiger partial charge in [-0.2, -0.15) is 5.10 Å². The molecule has 10 heteroatoms. The van der Waals surface area contributed by atoms with Crippen LogP contribution in [0.2, 0.25) is 0 Å². The van der Waals surface area contributed by atoms with Crippen molar-refractivity contribution in [3.8, 4) is 5.82 Å². The monoisotopic (exact) mass is 456 g/mol. The van der Waals surface area contributed by atoms with Crippen LogP contribution in [0.5, 0.6) is 0 Å². The van der Waals surface area contributed by atoms with E-state index in [-0.39, 0.29) is 28.9 Å². The average Bonchev–Trinajstić information content (AvgIpc) is 3.22. The zero-order chi connectivity index (χ0) is 23.8. The standard InChI is InChI=1S/C24H20N6O4/c1-3-34-24(33)20-14(2)27-28-21(20)30-11-7-19-17(23(30)32)12-16-18(26-19)6-10-29(22(16)31)13-15-4-8-25-9-5-15/h4-12H,3,13H2,1-2H3,(H,27,28). The number of pyridine rings is 4. The van der Waals surface area contributed by atoms with E-state index in [2.05, 4.69) is 20.2 Å². The molecular formula is C24H20N6O4. The number of hydrogen-bond acceptors (Lipinski definition) is 7. The Hall–Kier alpha value is -4.60. The van der Waals surface area contributed by atoms with Gasteiger partial charge < -0.3 is 9.30 Å². The van der Waals surface area contributed by atoms with Crippen LogP contribution in [0.15, 0.2) is 64.7 Å². The molecule has 5 heterocycles. The summed E-state index contributed by atoms with van der Waals surface area (Å²) in [4.78, 5) is 47.5. The van der Waals surface area contributed by atoms with Crippen molar-refractivity contribution in [2.24, 2.45) is 0 Å². The molecule has 34 heavy (non-hydrogen) atoms. The first-order valence-electron chi connectivity index (χ1n) is 10.6. The van der Waals surface area contributed by atoms with E-state index >= 15 is 0 Å². The second-order valence-electron chi connectivity index (χ2n) is 7.72. The van der Waals surface area contributed by atoms with Crippen molar-refractivity contribution >= 4 is 27.8 Å². The van der Waals surface area contributed by atoms with Crippen LogP contribution < -0.4 is 11.1 Å². The second-order valence-corrected chi connectivity index (χ2v) is 7.72. The summed E-state index contributed by atoms with van der Waals surface area (Å²) in [5, 5.41) is 7.44. The lowest BCUT2D eigenvalue weighted by molar-refractivity contribution is 0.0525. The van der Waals surface area contributed by atoms with E-state index in [4.69, 9.17) is 4.74 Å². The number of hydrogen-bond donors (Lipinski definition) is 1. The molecule has 0 unspecified atom stereocenters. The fourth-order valence-electron chi connectivity index (χ4n) is 3.88. The van der Waals surface area contributed by atoms with Gasteiger partial charge in [-0.25, -0.2) is 9.78 Å². The molecule has 1 N–H and O–H groups in total. The topological polar surface area (TPSA) is 125 Å². The summed E-state index contributed by atoms with van der Waals surface area (Å²) >= 11 is 0. The number of aryl methyl sites for hydroxylation is 1. The highest BCUT2D eigenvalue weighted by atomic mass is 16.5. The van der Waals surface area contributed by atoms with Crippen LogP contribution in [0, 0.1) is 6.92 Å². The first kappa shape index (κ1) is 21.3. The molecule has 0 atom stereocenters. The molecule has 0 amide bonds. The number of ether oxygens (including phenoxy) is 1. The maximum atomic E-state index is 13.4. The molecule has 0 aliphatic rings. The van der Waals surface area contributed by atoms with E-state index in [9.17, 15) is 14.4 Å². The summed E-state index contributed by atoms with van der Waals surface area (Å²) in [6, 6.07) is 8.61. The molecule has 5 aromatic rings. The van der Waals surface area contributed by atoms with Crippen LogP contribution in [0.3, 0.4) is 0 Å². The van der Waals surface area contributed by atoms with Gasteiger partial charge in [0, 0.05) is 30.5 Å². The maximum absolute atomic E-state index is 13.4. The van der Waals surface area contributed by atoms with Crippen LogP contribution in [0.1, 0.15) is 28.5 Å². The number of esters is 1. The molecular weight excluding hydrogens is 436 g/mol. The molecule has 5 rings (SSSR count). The van der Waals surface area contributed by atoms with Crippen LogP contribution in [0.4, 0.5) is 0 Å². The number of fused-ring (bicyclic) bond motifs is 2. The zero-order valence-electron chi connectivity index (χ0n) is 18.5. The van der Waals surface area contributed by atoms with E-state index in [0.717, 1.165) is 5.56 Å². The third-order valence-corrected chi connectivity index (χ3v) is 5.55. The second kappa shape index (κ2) is 8.39. The van der Waals surface area contributed by atoms with Gasteiger partial charge in [-0.3, -0.25) is 24.2 Å². The number of rotatable bonds is 5. The fraction of sp³-hybridized carbons (Fsp3) is 0.167. The lowest BCUT2D eigenvalue weighted by Gasteiger charge is -2.09. The van der Waals surface area contributed by atoms with E-state index in [0.29, 0.717) is 28.7 Å². The van der Waals surface area contributed by atoms with Gasteiger partial charge in [0.1, 0.15) is 5.56 Å². The zero-order valence-corrected chi connectivity index (χ0v) is 18.5. The van der Waals surface area contributed by atoms with Gasteiger partial charge in [0.05, 0.1) is 35.0 Å². The molecule has 0 fully saturated rings. The van der Waals surface area contributed by atoms with E-state index in [1.807, 2.05) is 12.1 Å². The van der Waals surface area contributed by atoms with Gasteiger partial charge in [-0.15, -0.1) is 0 Å². The number of carbonyl (C=O) groups excluding carboxylic acids is 1. The van der Waals surface area contributed by atoms with Gasteiger partial charge in [0.2, 0.25) is 0 Å². The molecule has 0 aliphatic heterocycles. The van der Waals surface area contributed by atoms with Gasteiger partial charge in [-0.05, 0) is 49.7 Å². The Morgan fingerprint density at radius 2 is 1.74 bits per heavy atom. The summed E-state index contributed by atoms with van der Waals surface area (Å²) in [5.41, 5.74) is 1.79. The van der Waals surface area contributed by atoms with Crippen LogP contribution in [-0.4, -0.2) is 41.9 Å². The Kier molecular flexibility index (Phi) is 5.25. The van der Waals surface area contributed by atoms with Crippen molar-refractivity contribution in [2.75, 3.05) is 6.61 Å². The number of aromatic nitrogens is 6. The molecule has 0 radical (unpaired) electrons. The summed E-state index contributed by atoms with van der Waals surface area (Å²) in [5.74, 6) is -0.447. The third-order valence-electron chi connectivity index (χ3n) is 5.55. The molecule has 10 nitrogen and oxygen atoms in total. The minimum absolute atomic E-state index is 0.131. The summed E-state index contributed by atoms with van der Waals surface area (Å²) in [6.07, 6.45) is 6.52. The van der Waals surface area contributed by atoms with Crippen molar-refractivity contribution in [2.45, 2.75) is 20.4 Å². The average molecular weight is 456 g/mol. The van der Waals surface area contributed by atoms with E-state index < -0.39 is 11.5 Å². The molecule has 0 aliphatic carbocycles. The van der Waals surface area contributed by atoms with E-state index in [1.165, 1.54) is 10.8 Å². The van der Waals surface area contributed by atoms with Gasteiger partial charge in [-0.1, -0.05) is 0 Å². The number of carbonyl (C=O) groups is 1. The minimum atomic E-state index is -0.577. The maximum Gasteiger partial charge on any atom is 0.343 e. The molecule has 0 saturated heterocycles. The normalized spacial score (nSPS) is 11.2. The quantitative estimate of drug-likeness (QED) is 0.318. The van der Waals surface area contributed by atoms with Crippen molar-refractivity contribution in [1.29, 1.82) is 0 Å². The van der Waals surface area contributed by atoms with Crippen LogP contribution >= 0.6 is 0 Å². The molecule has 170 valence electrons. The largest absolute Gasteiger partial charge is 0.462 e. The first-order valence-corrected chi connectivity index (χ1v) is 10.6. The lowest BCUT2D eigenvalue weighted by Crippen LogP contribution is -2.23. The number of H-pyrrole nitrogens is 1. The predicted octanol–water partition coefficient (Wildman–Crippen LogP) is 2.35.